The zero-order chi connectivity index (χ0) is 11.9. The number of hydrogen-bond acceptors (Lipinski definition) is 2. The van der Waals surface area contributed by atoms with Crippen molar-refractivity contribution in [1.82, 2.24) is 5.32 Å². The van der Waals surface area contributed by atoms with Gasteiger partial charge in [0, 0.05) is 12.6 Å². The third kappa shape index (κ3) is 4.26. The van der Waals surface area contributed by atoms with E-state index in [9.17, 15) is 0 Å². The number of rotatable bonds is 7. The van der Waals surface area contributed by atoms with Crippen LogP contribution < -0.4 is 5.32 Å². The lowest BCUT2D eigenvalue weighted by Gasteiger charge is -2.21. The minimum absolute atomic E-state index is 0.596. The summed E-state index contributed by atoms with van der Waals surface area (Å²) in [6.45, 7) is 4.43. The SMILES string of the molecule is CCCNC1CCCC1CCOC1CCCC1. The first-order valence-corrected chi connectivity index (χ1v) is 7.75. The lowest BCUT2D eigenvalue weighted by molar-refractivity contribution is 0.0477. The predicted octanol–water partition coefficient (Wildman–Crippen LogP) is 3.50. The molecule has 0 amide bonds. The molecule has 2 fully saturated rings. The van der Waals surface area contributed by atoms with Crippen molar-refractivity contribution in [2.24, 2.45) is 5.92 Å². The Morgan fingerprint density at radius 2 is 1.88 bits per heavy atom. The quantitative estimate of drug-likeness (QED) is 0.734. The van der Waals surface area contributed by atoms with Gasteiger partial charge in [0.05, 0.1) is 6.10 Å². The van der Waals surface area contributed by atoms with Crippen LogP contribution in [0.15, 0.2) is 0 Å². The van der Waals surface area contributed by atoms with E-state index in [1.54, 1.807) is 0 Å². The van der Waals surface area contributed by atoms with Gasteiger partial charge in [0.15, 0.2) is 0 Å². The molecule has 0 aromatic heterocycles. The molecule has 0 saturated heterocycles. The number of ether oxygens (including phenoxy) is 1. The molecule has 2 heteroatoms. The molecule has 0 heterocycles. The zero-order valence-electron chi connectivity index (χ0n) is 11.4. The molecule has 2 nitrogen and oxygen atoms in total. The Kier molecular flexibility index (Phi) is 5.79. The number of nitrogens with one attached hydrogen (secondary N) is 1. The van der Waals surface area contributed by atoms with Gasteiger partial charge < -0.3 is 10.1 Å². The molecule has 17 heavy (non-hydrogen) atoms. The van der Waals surface area contributed by atoms with Crippen LogP contribution in [-0.4, -0.2) is 25.3 Å². The largest absolute Gasteiger partial charge is 0.378 e. The maximum absolute atomic E-state index is 5.99. The maximum Gasteiger partial charge on any atom is 0.0575 e. The molecule has 0 aromatic carbocycles. The van der Waals surface area contributed by atoms with E-state index in [2.05, 4.69) is 12.2 Å². The molecular formula is C15H29NO. The van der Waals surface area contributed by atoms with Gasteiger partial charge in [-0.05, 0) is 51.0 Å². The van der Waals surface area contributed by atoms with Crippen LogP contribution in [0.4, 0.5) is 0 Å². The summed E-state index contributed by atoms with van der Waals surface area (Å²) in [5.41, 5.74) is 0. The van der Waals surface area contributed by atoms with Gasteiger partial charge in [-0.1, -0.05) is 26.2 Å². The lowest BCUT2D eigenvalue weighted by atomic mass is 10.00. The predicted molar refractivity (Wildman–Crippen MR) is 72.2 cm³/mol. The van der Waals surface area contributed by atoms with E-state index in [-0.39, 0.29) is 0 Å². The van der Waals surface area contributed by atoms with Crippen molar-refractivity contribution in [3.05, 3.63) is 0 Å². The van der Waals surface area contributed by atoms with Crippen molar-refractivity contribution in [1.29, 1.82) is 0 Å². The van der Waals surface area contributed by atoms with Gasteiger partial charge in [-0.2, -0.15) is 0 Å². The van der Waals surface area contributed by atoms with Crippen molar-refractivity contribution >= 4 is 0 Å². The topological polar surface area (TPSA) is 21.3 Å². The fourth-order valence-electron chi connectivity index (χ4n) is 3.42. The van der Waals surface area contributed by atoms with Crippen molar-refractivity contribution in [2.75, 3.05) is 13.2 Å². The molecule has 2 aliphatic carbocycles. The van der Waals surface area contributed by atoms with Gasteiger partial charge in [0.25, 0.3) is 0 Å². The van der Waals surface area contributed by atoms with Gasteiger partial charge in [0.2, 0.25) is 0 Å². The van der Waals surface area contributed by atoms with Crippen molar-refractivity contribution in [2.45, 2.75) is 76.9 Å². The average Bonchev–Trinajstić information content (AvgIpc) is 2.98. The van der Waals surface area contributed by atoms with Crippen LogP contribution in [0.25, 0.3) is 0 Å². The standard InChI is InChI=1S/C15H29NO/c1-2-11-16-15-9-5-6-13(15)10-12-17-14-7-3-4-8-14/h13-16H,2-12H2,1H3. The first kappa shape index (κ1) is 13.4. The second-order valence-electron chi connectivity index (χ2n) is 5.82. The highest BCUT2D eigenvalue weighted by atomic mass is 16.5. The summed E-state index contributed by atoms with van der Waals surface area (Å²) in [6, 6.07) is 0.780. The van der Waals surface area contributed by atoms with E-state index < -0.39 is 0 Å². The monoisotopic (exact) mass is 239 g/mol. The Morgan fingerprint density at radius 3 is 2.65 bits per heavy atom. The molecule has 0 aliphatic heterocycles. The lowest BCUT2D eigenvalue weighted by Crippen LogP contribution is -2.33. The Bertz CT molecular complexity index is 201. The van der Waals surface area contributed by atoms with Gasteiger partial charge >= 0.3 is 0 Å². The summed E-state index contributed by atoms with van der Waals surface area (Å²) >= 11 is 0. The molecule has 0 spiro atoms. The molecule has 0 aromatic rings. The second-order valence-corrected chi connectivity index (χ2v) is 5.82. The smallest absolute Gasteiger partial charge is 0.0575 e. The molecular weight excluding hydrogens is 210 g/mol. The second kappa shape index (κ2) is 7.38. The molecule has 2 saturated carbocycles. The van der Waals surface area contributed by atoms with Crippen molar-refractivity contribution < 1.29 is 4.74 Å². The van der Waals surface area contributed by atoms with Crippen molar-refractivity contribution in [3.8, 4) is 0 Å². The molecule has 2 atom stereocenters. The summed E-state index contributed by atoms with van der Waals surface area (Å²) in [7, 11) is 0. The van der Waals surface area contributed by atoms with E-state index in [0.717, 1.165) is 18.6 Å². The van der Waals surface area contributed by atoms with E-state index in [1.807, 2.05) is 0 Å². The van der Waals surface area contributed by atoms with Gasteiger partial charge in [-0.3, -0.25) is 0 Å². The third-order valence-electron chi connectivity index (χ3n) is 4.46. The van der Waals surface area contributed by atoms with Crippen LogP contribution >= 0.6 is 0 Å². The Balaban J connectivity index is 1.59. The van der Waals surface area contributed by atoms with E-state index in [1.165, 1.54) is 64.3 Å². The van der Waals surface area contributed by atoms with Crippen LogP contribution in [0, 0.1) is 5.92 Å². The van der Waals surface area contributed by atoms with Crippen LogP contribution in [0.1, 0.15) is 64.7 Å². The van der Waals surface area contributed by atoms with Crippen LogP contribution in [0.5, 0.6) is 0 Å². The fraction of sp³-hybridized carbons (Fsp3) is 1.00. The molecule has 100 valence electrons. The molecule has 2 rings (SSSR count). The summed E-state index contributed by atoms with van der Waals surface area (Å²) in [5, 5.41) is 3.70. The van der Waals surface area contributed by atoms with E-state index in [4.69, 9.17) is 4.74 Å². The van der Waals surface area contributed by atoms with Crippen LogP contribution in [-0.2, 0) is 4.74 Å². The fourth-order valence-corrected chi connectivity index (χ4v) is 3.42. The first-order chi connectivity index (χ1) is 8.40. The molecule has 2 unspecified atom stereocenters. The Morgan fingerprint density at radius 1 is 1.06 bits per heavy atom. The highest BCUT2D eigenvalue weighted by molar-refractivity contribution is 4.83. The zero-order valence-corrected chi connectivity index (χ0v) is 11.4. The van der Waals surface area contributed by atoms with Gasteiger partial charge in [0.1, 0.15) is 0 Å². The molecule has 0 bridgehead atoms. The van der Waals surface area contributed by atoms with E-state index >= 15 is 0 Å². The van der Waals surface area contributed by atoms with Gasteiger partial charge in [-0.15, -0.1) is 0 Å². The van der Waals surface area contributed by atoms with Gasteiger partial charge in [-0.25, -0.2) is 0 Å². The summed E-state index contributed by atoms with van der Waals surface area (Å²) in [4.78, 5) is 0. The maximum atomic E-state index is 5.99. The Hall–Kier alpha value is -0.0800. The summed E-state index contributed by atoms with van der Waals surface area (Å²) in [5.74, 6) is 0.878. The average molecular weight is 239 g/mol. The van der Waals surface area contributed by atoms with Crippen molar-refractivity contribution in [3.63, 3.8) is 0 Å². The minimum Gasteiger partial charge on any atom is -0.378 e. The Labute approximate surface area is 107 Å². The highest BCUT2D eigenvalue weighted by Crippen LogP contribution is 2.29. The third-order valence-corrected chi connectivity index (χ3v) is 4.46. The van der Waals surface area contributed by atoms with Crippen LogP contribution in [0.2, 0.25) is 0 Å². The molecule has 2 aliphatic rings. The normalized spacial score (nSPS) is 30.2. The first-order valence-electron chi connectivity index (χ1n) is 7.75. The minimum atomic E-state index is 0.596. The van der Waals surface area contributed by atoms with Crippen LogP contribution in [0.3, 0.4) is 0 Å². The number of hydrogen-bond donors (Lipinski definition) is 1. The molecule has 1 N–H and O–H groups in total. The molecule has 0 radical (unpaired) electrons. The summed E-state index contributed by atoms with van der Waals surface area (Å²) < 4.78 is 5.99. The summed E-state index contributed by atoms with van der Waals surface area (Å²) in [6.07, 6.45) is 12.7. The highest BCUT2D eigenvalue weighted by Gasteiger charge is 2.26. The van der Waals surface area contributed by atoms with E-state index in [0.29, 0.717) is 6.10 Å².